The van der Waals surface area contributed by atoms with Gasteiger partial charge in [0, 0.05) is 45.1 Å². The Morgan fingerprint density at radius 2 is 1.82 bits per heavy atom. The Morgan fingerprint density at radius 3 is 2.45 bits per heavy atom. The van der Waals surface area contributed by atoms with Crippen molar-refractivity contribution >= 4 is 5.91 Å². The highest BCUT2D eigenvalue weighted by molar-refractivity contribution is 5.92. The summed E-state index contributed by atoms with van der Waals surface area (Å²) in [4.78, 5) is 24.6. The number of piperazine rings is 1. The zero-order valence-electron chi connectivity index (χ0n) is 12.8. The molecule has 1 aromatic heterocycles. The Balaban J connectivity index is 1.54. The molecule has 2 aromatic rings. The minimum Gasteiger partial charge on any atom is -0.335 e. The van der Waals surface area contributed by atoms with Crippen LogP contribution < -0.4 is 0 Å². The molecule has 1 aliphatic heterocycles. The maximum Gasteiger partial charge on any atom is 0.274 e. The van der Waals surface area contributed by atoms with Crippen LogP contribution in [0.1, 0.15) is 21.6 Å². The van der Waals surface area contributed by atoms with E-state index in [1.807, 2.05) is 4.90 Å². The molecule has 114 valence electrons. The summed E-state index contributed by atoms with van der Waals surface area (Å²) < 4.78 is 0. The van der Waals surface area contributed by atoms with Crippen molar-refractivity contribution < 1.29 is 4.79 Å². The van der Waals surface area contributed by atoms with E-state index in [0.717, 1.165) is 32.7 Å². The molecule has 1 amide bonds. The second kappa shape index (κ2) is 6.66. The monoisotopic (exact) mass is 296 g/mol. The summed E-state index contributed by atoms with van der Waals surface area (Å²) >= 11 is 0. The third-order valence-corrected chi connectivity index (χ3v) is 3.97. The molecule has 0 unspecified atom stereocenters. The molecule has 22 heavy (non-hydrogen) atoms. The average molecular weight is 296 g/mol. The maximum atomic E-state index is 12.3. The molecule has 1 saturated heterocycles. The molecule has 5 nitrogen and oxygen atoms in total. The highest BCUT2D eigenvalue weighted by atomic mass is 16.2. The molecule has 2 heterocycles. The van der Waals surface area contributed by atoms with Gasteiger partial charge in [-0.05, 0) is 12.5 Å². The van der Waals surface area contributed by atoms with E-state index in [9.17, 15) is 4.79 Å². The molecule has 0 bridgehead atoms. The van der Waals surface area contributed by atoms with Crippen molar-refractivity contribution in [3.05, 3.63) is 59.7 Å². The predicted octanol–water partition coefficient (Wildman–Crippen LogP) is 1.74. The van der Waals surface area contributed by atoms with Crippen molar-refractivity contribution in [3.8, 4) is 0 Å². The summed E-state index contributed by atoms with van der Waals surface area (Å²) in [5.74, 6) is -0.0249. The molecule has 1 aliphatic rings. The van der Waals surface area contributed by atoms with Crippen molar-refractivity contribution in [2.45, 2.75) is 13.5 Å². The fourth-order valence-corrected chi connectivity index (χ4v) is 2.63. The number of aromatic nitrogens is 2. The second-order valence-electron chi connectivity index (χ2n) is 5.64. The smallest absolute Gasteiger partial charge is 0.274 e. The molecular formula is C17H20N4O. The van der Waals surface area contributed by atoms with Crippen LogP contribution in [0.5, 0.6) is 0 Å². The lowest BCUT2D eigenvalue weighted by molar-refractivity contribution is 0.0622. The lowest BCUT2D eigenvalue weighted by Gasteiger charge is -2.34. The molecule has 0 radical (unpaired) electrons. The SMILES string of the molecule is Cc1ccc(CN2CCN(C(=O)c3cnccn3)CC2)cc1. The summed E-state index contributed by atoms with van der Waals surface area (Å²) in [6, 6.07) is 8.63. The molecule has 1 aromatic carbocycles. The molecule has 0 saturated carbocycles. The van der Waals surface area contributed by atoms with E-state index < -0.39 is 0 Å². The lowest BCUT2D eigenvalue weighted by Crippen LogP contribution is -2.48. The summed E-state index contributed by atoms with van der Waals surface area (Å²) in [7, 11) is 0. The fraction of sp³-hybridized carbons (Fsp3) is 0.353. The molecule has 0 atom stereocenters. The molecule has 0 N–H and O–H groups in total. The number of carbonyl (C=O) groups excluding carboxylic acids is 1. The summed E-state index contributed by atoms with van der Waals surface area (Å²) in [5.41, 5.74) is 3.02. The van der Waals surface area contributed by atoms with Crippen molar-refractivity contribution in [2.75, 3.05) is 26.2 Å². The Morgan fingerprint density at radius 1 is 1.09 bits per heavy atom. The van der Waals surface area contributed by atoms with E-state index in [1.54, 1.807) is 12.4 Å². The first-order valence-electron chi connectivity index (χ1n) is 7.55. The number of rotatable bonds is 3. The summed E-state index contributed by atoms with van der Waals surface area (Å²) in [5, 5.41) is 0. The highest BCUT2D eigenvalue weighted by Gasteiger charge is 2.22. The van der Waals surface area contributed by atoms with Gasteiger partial charge in [0.25, 0.3) is 5.91 Å². The quantitative estimate of drug-likeness (QED) is 0.866. The Kier molecular flexibility index (Phi) is 4.44. The number of amides is 1. The molecule has 1 fully saturated rings. The maximum absolute atomic E-state index is 12.3. The second-order valence-corrected chi connectivity index (χ2v) is 5.64. The van der Waals surface area contributed by atoms with E-state index in [0.29, 0.717) is 5.69 Å². The van der Waals surface area contributed by atoms with Crippen molar-refractivity contribution in [3.63, 3.8) is 0 Å². The fourth-order valence-electron chi connectivity index (χ4n) is 2.63. The molecule has 0 spiro atoms. The van der Waals surface area contributed by atoms with Crippen LogP contribution >= 0.6 is 0 Å². The van der Waals surface area contributed by atoms with E-state index >= 15 is 0 Å². The van der Waals surface area contributed by atoms with Crippen LogP contribution in [0.2, 0.25) is 0 Å². The molecule has 5 heteroatoms. The van der Waals surface area contributed by atoms with Crippen LogP contribution in [0.4, 0.5) is 0 Å². The standard InChI is InChI=1S/C17H20N4O/c1-14-2-4-15(5-3-14)13-20-8-10-21(11-9-20)17(22)16-12-18-6-7-19-16/h2-7,12H,8-11,13H2,1H3. The lowest BCUT2D eigenvalue weighted by atomic mass is 10.1. The van der Waals surface area contributed by atoms with Gasteiger partial charge in [-0.3, -0.25) is 14.7 Å². The van der Waals surface area contributed by atoms with Gasteiger partial charge >= 0.3 is 0 Å². The highest BCUT2D eigenvalue weighted by Crippen LogP contribution is 2.11. The van der Waals surface area contributed by atoms with Crippen LogP contribution in [0.3, 0.4) is 0 Å². The zero-order chi connectivity index (χ0) is 15.4. The van der Waals surface area contributed by atoms with Crippen LogP contribution in [0.25, 0.3) is 0 Å². The first-order valence-corrected chi connectivity index (χ1v) is 7.55. The number of benzene rings is 1. The Hall–Kier alpha value is -2.27. The third-order valence-electron chi connectivity index (χ3n) is 3.97. The van der Waals surface area contributed by atoms with Gasteiger partial charge in [0.05, 0.1) is 6.20 Å². The van der Waals surface area contributed by atoms with Gasteiger partial charge in [0.15, 0.2) is 0 Å². The van der Waals surface area contributed by atoms with Crippen LogP contribution in [-0.4, -0.2) is 51.9 Å². The van der Waals surface area contributed by atoms with Crippen molar-refractivity contribution in [1.82, 2.24) is 19.8 Å². The summed E-state index contributed by atoms with van der Waals surface area (Å²) in [6.45, 7) is 6.29. The van der Waals surface area contributed by atoms with Gasteiger partial charge in [0.1, 0.15) is 5.69 Å². The van der Waals surface area contributed by atoms with E-state index in [1.165, 1.54) is 17.3 Å². The zero-order valence-corrected chi connectivity index (χ0v) is 12.8. The first kappa shape index (κ1) is 14.7. The Bertz CT molecular complexity index is 619. The topological polar surface area (TPSA) is 49.3 Å². The largest absolute Gasteiger partial charge is 0.335 e. The summed E-state index contributed by atoms with van der Waals surface area (Å²) in [6.07, 6.45) is 4.66. The van der Waals surface area contributed by atoms with Crippen LogP contribution in [0.15, 0.2) is 42.9 Å². The first-order chi connectivity index (χ1) is 10.7. The molecule has 3 rings (SSSR count). The van der Waals surface area contributed by atoms with Crippen LogP contribution in [-0.2, 0) is 6.54 Å². The van der Waals surface area contributed by atoms with E-state index in [4.69, 9.17) is 0 Å². The number of aryl methyl sites for hydroxylation is 1. The third kappa shape index (κ3) is 3.49. The molecule has 0 aliphatic carbocycles. The number of nitrogens with zero attached hydrogens (tertiary/aromatic N) is 4. The minimum atomic E-state index is -0.0249. The van der Waals surface area contributed by atoms with E-state index in [2.05, 4.69) is 46.1 Å². The predicted molar refractivity (Wildman–Crippen MR) is 84.4 cm³/mol. The minimum absolute atomic E-state index is 0.0249. The van der Waals surface area contributed by atoms with Crippen molar-refractivity contribution in [1.29, 1.82) is 0 Å². The van der Waals surface area contributed by atoms with Crippen molar-refractivity contribution in [2.24, 2.45) is 0 Å². The number of hydrogen-bond donors (Lipinski definition) is 0. The van der Waals surface area contributed by atoms with E-state index in [-0.39, 0.29) is 5.91 Å². The van der Waals surface area contributed by atoms with Gasteiger partial charge in [-0.25, -0.2) is 4.98 Å². The number of carbonyl (C=O) groups is 1. The average Bonchev–Trinajstić information content (AvgIpc) is 2.58. The van der Waals surface area contributed by atoms with Gasteiger partial charge in [-0.2, -0.15) is 0 Å². The number of hydrogen-bond acceptors (Lipinski definition) is 4. The van der Waals surface area contributed by atoms with Gasteiger partial charge in [0.2, 0.25) is 0 Å². The van der Waals surface area contributed by atoms with Crippen LogP contribution in [0, 0.1) is 6.92 Å². The molecular weight excluding hydrogens is 276 g/mol. The normalized spacial score (nSPS) is 15.8. The van der Waals surface area contributed by atoms with Gasteiger partial charge in [-0.1, -0.05) is 29.8 Å². The Labute approximate surface area is 130 Å². The van der Waals surface area contributed by atoms with Gasteiger partial charge < -0.3 is 4.90 Å². The van der Waals surface area contributed by atoms with Gasteiger partial charge in [-0.15, -0.1) is 0 Å².